The molecule has 0 aliphatic heterocycles. The normalized spacial score (nSPS) is 13.4. The van der Waals surface area contributed by atoms with Crippen LogP contribution in [0.1, 0.15) is 44.6 Å². The third-order valence-electron chi connectivity index (χ3n) is 14.5. The highest BCUT2D eigenvalue weighted by Gasteiger charge is 2.53. The van der Waals surface area contributed by atoms with Gasteiger partial charge in [-0.1, -0.05) is 206 Å². The molecule has 0 fully saturated rings. The Morgan fingerprint density at radius 1 is 0.243 bits per heavy atom. The van der Waals surface area contributed by atoms with E-state index < -0.39 is 10.8 Å². The van der Waals surface area contributed by atoms with Gasteiger partial charge in [-0.15, -0.1) is 0 Å². The van der Waals surface area contributed by atoms with E-state index in [-0.39, 0.29) is 0 Å². The van der Waals surface area contributed by atoms with Gasteiger partial charge in [0.05, 0.1) is 22.2 Å². The third-order valence-corrected chi connectivity index (χ3v) is 14.5. The quantitative estimate of drug-likeness (QED) is 0.136. The predicted molar refractivity (Wildman–Crippen MR) is 288 cm³/mol. The highest BCUT2D eigenvalue weighted by atomic mass is 15.1. The van der Waals surface area contributed by atoms with Crippen molar-refractivity contribution in [2.24, 2.45) is 0 Å². The highest BCUT2D eigenvalue weighted by Crippen LogP contribution is 2.62. The molecule has 1 aromatic heterocycles. The minimum absolute atomic E-state index is 0.716. The minimum Gasteiger partial charge on any atom is -0.310 e. The van der Waals surface area contributed by atoms with E-state index in [9.17, 15) is 0 Å². The van der Waals surface area contributed by atoms with Gasteiger partial charge in [0.2, 0.25) is 0 Å². The Morgan fingerprint density at radius 2 is 0.557 bits per heavy atom. The molecule has 0 spiro atoms. The summed E-state index contributed by atoms with van der Waals surface area (Å²) >= 11 is 0. The van der Waals surface area contributed by atoms with Crippen LogP contribution in [0.15, 0.2) is 285 Å². The average Bonchev–Trinajstić information content (AvgIpc) is 3.89. The number of benzene rings is 10. The Morgan fingerprint density at radius 3 is 0.929 bits per heavy atom. The van der Waals surface area contributed by atoms with Crippen LogP contribution < -0.4 is 9.80 Å². The second kappa shape index (κ2) is 16.9. The number of pyridine rings is 1. The van der Waals surface area contributed by atoms with Gasteiger partial charge in [0, 0.05) is 45.3 Å². The summed E-state index contributed by atoms with van der Waals surface area (Å²) in [7, 11) is 0. The summed E-state index contributed by atoms with van der Waals surface area (Å²) in [4.78, 5) is 10.9. The van der Waals surface area contributed by atoms with Crippen molar-refractivity contribution in [3.63, 3.8) is 0 Å². The van der Waals surface area contributed by atoms with Crippen LogP contribution in [0.25, 0.3) is 22.4 Å². The van der Waals surface area contributed by atoms with Crippen LogP contribution >= 0.6 is 0 Å². The van der Waals surface area contributed by atoms with E-state index in [4.69, 9.17) is 4.98 Å². The van der Waals surface area contributed by atoms with E-state index in [0.717, 1.165) is 56.6 Å². The molecular weight excluding hydrogens is 847 g/mol. The van der Waals surface area contributed by atoms with Gasteiger partial charge >= 0.3 is 0 Å². The van der Waals surface area contributed by atoms with Crippen molar-refractivity contribution in [2.45, 2.75) is 10.8 Å². The molecule has 2 aliphatic carbocycles. The molecule has 0 amide bonds. The molecule has 0 unspecified atom stereocenters. The van der Waals surface area contributed by atoms with Crippen molar-refractivity contribution in [3.8, 4) is 22.4 Å². The molecule has 2 aliphatic rings. The Kier molecular flexibility index (Phi) is 9.95. The molecule has 1 heterocycles. The van der Waals surface area contributed by atoms with Gasteiger partial charge in [0.15, 0.2) is 0 Å². The maximum Gasteiger partial charge on any atom is 0.0887 e. The van der Waals surface area contributed by atoms with Gasteiger partial charge in [-0.3, -0.25) is 4.98 Å². The molecule has 13 rings (SSSR count). The van der Waals surface area contributed by atoms with Gasteiger partial charge in [-0.2, -0.15) is 0 Å². The molecule has 0 bridgehead atoms. The minimum atomic E-state index is -0.764. The molecule has 3 nitrogen and oxygen atoms in total. The molecule has 0 saturated heterocycles. The van der Waals surface area contributed by atoms with Crippen LogP contribution in [0, 0.1) is 0 Å². The summed E-state index contributed by atoms with van der Waals surface area (Å²) < 4.78 is 0. The van der Waals surface area contributed by atoms with Crippen LogP contribution in [0.4, 0.5) is 34.1 Å². The van der Waals surface area contributed by atoms with Crippen molar-refractivity contribution in [2.75, 3.05) is 9.80 Å². The van der Waals surface area contributed by atoms with E-state index in [0.29, 0.717) is 0 Å². The maximum absolute atomic E-state index is 6.20. The fourth-order valence-corrected chi connectivity index (χ4v) is 11.7. The molecule has 70 heavy (non-hydrogen) atoms. The lowest BCUT2D eigenvalue weighted by Crippen LogP contribution is -2.31. The lowest BCUT2D eigenvalue weighted by molar-refractivity contribution is 0.732. The van der Waals surface area contributed by atoms with Gasteiger partial charge < -0.3 is 9.80 Å². The second-order valence-electron chi connectivity index (χ2n) is 18.2. The standard InChI is InChI=1S/C67H47N3/c1-9-25-48(26-10-1)66(49-27-11-2-12-28-49)62-46-57(70(54-37-21-7-22-38-54)55-39-23-8-24-40-55)42-44-59(62)64-63(66)47-60-58-43-41-56(69(52-33-17-5-18-34-52)53-35-19-6-20-36-53)45-61(58)67(65(60)68-64,50-29-13-3-14-30-50)51-31-15-4-16-32-51/h1-47H. The van der Waals surface area contributed by atoms with Crippen molar-refractivity contribution in [1.29, 1.82) is 0 Å². The average molecular weight is 894 g/mol. The SMILES string of the molecule is c1ccc(N(c2ccccc2)c2ccc3c(c2)C(c2ccccc2)(c2ccccc2)c2cc4c(nc2-3)C(c2ccccc2)(c2ccccc2)c2cc(N(c3ccccc3)c3ccccc3)ccc2-4)cc1. The number of hydrogen-bond donors (Lipinski definition) is 0. The number of hydrogen-bond acceptors (Lipinski definition) is 3. The van der Waals surface area contributed by atoms with Crippen molar-refractivity contribution < 1.29 is 0 Å². The second-order valence-corrected chi connectivity index (χ2v) is 18.2. The first-order valence-corrected chi connectivity index (χ1v) is 24.1. The molecule has 330 valence electrons. The first-order chi connectivity index (χ1) is 34.7. The van der Waals surface area contributed by atoms with E-state index in [1.807, 2.05) is 0 Å². The molecule has 0 saturated carbocycles. The van der Waals surface area contributed by atoms with Crippen molar-refractivity contribution in [1.82, 2.24) is 4.98 Å². The van der Waals surface area contributed by atoms with Crippen molar-refractivity contribution in [3.05, 3.63) is 330 Å². The van der Waals surface area contributed by atoms with Crippen LogP contribution in [0.5, 0.6) is 0 Å². The summed E-state index contributed by atoms with van der Waals surface area (Å²) in [6.45, 7) is 0. The number of anilines is 6. The van der Waals surface area contributed by atoms with Gasteiger partial charge in [-0.25, -0.2) is 0 Å². The number of para-hydroxylation sites is 4. The van der Waals surface area contributed by atoms with Crippen LogP contribution in [-0.4, -0.2) is 4.98 Å². The largest absolute Gasteiger partial charge is 0.310 e. The highest BCUT2D eigenvalue weighted by molar-refractivity contribution is 5.94. The Hall–Kier alpha value is -9.05. The summed E-state index contributed by atoms with van der Waals surface area (Å²) in [5, 5.41) is 0. The summed E-state index contributed by atoms with van der Waals surface area (Å²) in [6, 6.07) is 104. The number of aromatic nitrogens is 1. The topological polar surface area (TPSA) is 19.4 Å². The van der Waals surface area contributed by atoms with Crippen LogP contribution in [0.3, 0.4) is 0 Å². The molecule has 11 aromatic rings. The lowest BCUT2D eigenvalue weighted by atomic mass is 9.67. The predicted octanol–water partition coefficient (Wildman–Crippen LogP) is 16.7. The fourth-order valence-electron chi connectivity index (χ4n) is 11.7. The third kappa shape index (κ3) is 6.32. The van der Waals surface area contributed by atoms with Crippen LogP contribution in [-0.2, 0) is 10.8 Å². The zero-order valence-corrected chi connectivity index (χ0v) is 38.5. The van der Waals surface area contributed by atoms with E-state index >= 15 is 0 Å². The molecule has 10 aromatic carbocycles. The van der Waals surface area contributed by atoms with Gasteiger partial charge in [0.25, 0.3) is 0 Å². The van der Waals surface area contributed by atoms with Crippen LogP contribution in [0.2, 0.25) is 0 Å². The smallest absolute Gasteiger partial charge is 0.0887 e. The molecule has 3 heteroatoms. The lowest BCUT2D eigenvalue weighted by Gasteiger charge is -2.35. The summed E-state index contributed by atoms with van der Waals surface area (Å²) in [5.41, 5.74) is 18.8. The zero-order valence-electron chi connectivity index (χ0n) is 38.5. The molecule has 0 N–H and O–H groups in total. The Bertz CT molecular complexity index is 3220. The van der Waals surface area contributed by atoms with E-state index in [1.165, 1.54) is 44.5 Å². The maximum atomic E-state index is 6.20. The van der Waals surface area contributed by atoms with E-state index in [1.54, 1.807) is 0 Å². The Balaban J connectivity index is 1.13. The summed E-state index contributed by atoms with van der Waals surface area (Å²) in [6.07, 6.45) is 0. The summed E-state index contributed by atoms with van der Waals surface area (Å²) in [5.74, 6) is 0. The number of nitrogens with zero attached hydrogens (tertiary/aromatic N) is 3. The van der Waals surface area contributed by atoms with Gasteiger partial charge in [-0.05, 0) is 123 Å². The first kappa shape index (κ1) is 41.2. The Labute approximate surface area is 409 Å². The number of rotatable bonds is 10. The van der Waals surface area contributed by atoms with E-state index in [2.05, 4.69) is 295 Å². The molecular formula is C67H47N3. The molecule has 0 radical (unpaired) electrons. The first-order valence-electron chi connectivity index (χ1n) is 24.1. The number of fused-ring (bicyclic) bond motifs is 6. The monoisotopic (exact) mass is 893 g/mol. The zero-order chi connectivity index (χ0) is 46.5. The fraction of sp³-hybridized carbons (Fsp3) is 0.0299. The van der Waals surface area contributed by atoms with Gasteiger partial charge in [0.1, 0.15) is 0 Å². The van der Waals surface area contributed by atoms with Crippen molar-refractivity contribution >= 4 is 34.1 Å². The molecule has 0 atom stereocenters.